The monoisotopic (exact) mass is 88.1 g/mol. The van der Waals surface area contributed by atoms with E-state index in [1.165, 1.54) is 0 Å². The number of rotatable bonds is 1. The summed E-state index contributed by atoms with van der Waals surface area (Å²) in [6.07, 6.45) is 3.77. The Bertz CT molecular complexity index is 72.2. The van der Waals surface area contributed by atoms with E-state index >= 15 is 0 Å². The fraction of sp³-hybridized carbons (Fsp3) is 0.333. The molecule has 0 aromatic carbocycles. The largest absolute Gasteiger partial charge is 1.00 e. The predicted molar refractivity (Wildman–Crippen MR) is 28.3 cm³/mol. The van der Waals surface area contributed by atoms with Crippen molar-refractivity contribution in [2.45, 2.75) is 13.8 Å². The Kier molecular flexibility index (Phi) is 8.80. The van der Waals surface area contributed by atoms with Crippen LogP contribution >= 0.6 is 0 Å². The van der Waals surface area contributed by atoms with E-state index in [1.807, 2.05) is 26.0 Å². The molecule has 0 spiro atoms. The zero-order valence-electron chi connectivity index (χ0n) is 5.23. The van der Waals surface area contributed by atoms with Crippen LogP contribution in [0.2, 0.25) is 0 Å². The molecule has 0 heterocycles. The molecule has 0 nitrogen and oxygen atoms in total. The minimum Gasteiger partial charge on any atom is -0.290 e. The van der Waals surface area contributed by atoms with Gasteiger partial charge in [-0.25, -0.2) is 11.6 Å². The molecule has 34 valence electrons. The van der Waals surface area contributed by atoms with E-state index in [0.29, 0.717) is 0 Å². The molecule has 0 radical (unpaired) electrons. The van der Waals surface area contributed by atoms with Crippen LogP contribution in [0.25, 0.3) is 0 Å². The SMILES string of the molecule is [CH-]=C(C)C=CC.[Li+]. The zero-order chi connectivity index (χ0) is 4.99. The molecule has 1 heteroatoms. The van der Waals surface area contributed by atoms with Crippen molar-refractivity contribution in [1.82, 2.24) is 0 Å². The van der Waals surface area contributed by atoms with Crippen molar-refractivity contribution in [2.24, 2.45) is 0 Å². The Morgan fingerprint density at radius 1 is 1.57 bits per heavy atom. The van der Waals surface area contributed by atoms with Crippen LogP contribution in [0.1, 0.15) is 13.8 Å². The van der Waals surface area contributed by atoms with Gasteiger partial charge in [0.2, 0.25) is 0 Å². The smallest absolute Gasteiger partial charge is 0.290 e. The zero-order valence-corrected chi connectivity index (χ0v) is 5.23. The summed E-state index contributed by atoms with van der Waals surface area (Å²) in [4.78, 5) is 0. The fourth-order valence-corrected chi connectivity index (χ4v) is 0.263. The summed E-state index contributed by atoms with van der Waals surface area (Å²) in [6.45, 7) is 9.03. The first-order chi connectivity index (χ1) is 2.77. The van der Waals surface area contributed by atoms with Crippen LogP contribution in [0.5, 0.6) is 0 Å². The number of hydrogen-bond donors (Lipinski definition) is 0. The van der Waals surface area contributed by atoms with Gasteiger partial charge in [-0.3, -0.25) is 6.58 Å². The second-order valence-corrected chi connectivity index (χ2v) is 1.24. The van der Waals surface area contributed by atoms with Gasteiger partial charge in [-0.1, -0.05) is 13.8 Å². The predicted octanol–water partition coefficient (Wildman–Crippen LogP) is -1.05. The Morgan fingerprint density at radius 3 is 2.00 bits per heavy atom. The maximum absolute atomic E-state index is 5.23. The molecule has 0 rings (SSSR count). The standard InChI is InChI=1S/C6H9.Li/c1-4-5-6(2)3;/h2,4-5H,1,3H3;/q-1;+1. The molecule has 0 aliphatic rings. The average Bonchev–Trinajstić information content (AvgIpc) is 1.35. The van der Waals surface area contributed by atoms with Crippen molar-refractivity contribution in [2.75, 3.05) is 0 Å². The summed E-state index contributed by atoms with van der Waals surface area (Å²) in [5.74, 6) is 0. The summed E-state index contributed by atoms with van der Waals surface area (Å²) >= 11 is 0. The average molecular weight is 88.1 g/mol. The van der Waals surface area contributed by atoms with Gasteiger partial charge in [-0.15, -0.1) is 0 Å². The topological polar surface area (TPSA) is 0 Å². The molecule has 7 heavy (non-hydrogen) atoms. The maximum Gasteiger partial charge on any atom is 1.00 e. The van der Waals surface area contributed by atoms with Crippen LogP contribution in [0, 0.1) is 6.58 Å². The van der Waals surface area contributed by atoms with Gasteiger partial charge in [0.05, 0.1) is 0 Å². The van der Waals surface area contributed by atoms with E-state index in [9.17, 15) is 0 Å². The van der Waals surface area contributed by atoms with Gasteiger partial charge >= 0.3 is 18.9 Å². The number of hydrogen-bond acceptors (Lipinski definition) is 0. The fourth-order valence-electron chi connectivity index (χ4n) is 0.263. The maximum atomic E-state index is 5.23. The molecular weight excluding hydrogens is 79.0 g/mol. The van der Waals surface area contributed by atoms with Gasteiger partial charge in [0.25, 0.3) is 0 Å². The Hall–Kier alpha value is 0.0774. The molecule has 0 unspecified atom stereocenters. The Balaban J connectivity index is 0. The van der Waals surface area contributed by atoms with Crippen LogP contribution < -0.4 is 18.9 Å². The van der Waals surface area contributed by atoms with Gasteiger partial charge in [0.15, 0.2) is 0 Å². The first-order valence-electron chi connectivity index (χ1n) is 1.99. The molecule has 0 N–H and O–H groups in total. The molecule has 0 saturated heterocycles. The Morgan fingerprint density at radius 2 is 2.00 bits per heavy atom. The number of allylic oxidation sites excluding steroid dienone is 3. The third-order valence-electron chi connectivity index (χ3n) is 0.430. The molecule has 0 atom stereocenters. The van der Waals surface area contributed by atoms with E-state index in [4.69, 9.17) is 6.58 Å². The molecule has 0 aromatic rings. The van der Waals surface area contributed by atoms with Gasteiger partial charge in [-0.2, -0.15) is 6.08 Å². The van der Waals surface area contributed by atoms with Crippen molar-refractivity contribution in [3.05, 3.63) is 24.3 Å². The summed E-state index contributed by atoms with van der Waals surface area (Å²) in [5.41, 5.74) is 0.859. The van der Waals surface area contributed by atoms with Crippen LogP contribution in [0.4, 0.5) is 0 Å². The molecule has 0 aliphatic carbocycles. The van der Waals surface area contributed by atoms with Crippen LogP contribution in [0.3, 0.4) is 0 Å². The normalized spacial score (nSPS) is 8.29. The molecule has 0 amide bonds. The third kappa shape index (κ3) is 10.7. The summed E-state index contributed by atoms with van der Waals surface area (Å²) in [7, 11) is 0. The van der Waals surface area contributed by atoms with E-state index in [1.54, 1.807) is 0 Å². The first-order valence-corrected chi connectivity index (χ1v) is 1.99. The Labute approximate surface area is 57.5 Å². The van der Waals surface area contributed by atoms with Crippen LogP contribution in [0.15, 0.2) is 17.7 Å². The van der Waals surface area contributed by atoms with Crippen molar-refractivity contribution >= 4 is 0 Å². The summed E-state index contributed by atoms with van der Waals surface area (Å²) in [6, 6.07) is 0. The molecule has 0 aromatic heterocycles. The summed E-state index contributed by atoms with van der Waals surface area (Å²) in [5, 5.41) is 0. The van der Waals surface area contributed by atoms with E-state index in [2.05, 4.69) is 0 Å². The molecule has 0 fully saturated rings. The van der Waals surface area contributed by atoms with Crippen LogP contribution in [-0.2, 0) is 0 Å². The molecule has 0 saturated carbocycles. The molecule has 0 aliphatic heterocycles. The third-order valence-corrected chi connectivity index (χ3v) is 0.430. The summed E-state index contributed by atoms with van der Waals surface area (Å²) < 4.78 is 0. The van der Waals surface area contributed by atoms with Gasteiger partial charge in [0.1, 0.15) is 0 Å². The minimum absolute atomic E-state index is 0. The van der Waals surface area contributed by atoms with Crippen molar-refractivity contribution in [1.29, 1.82) is 0 Å². The first kappa shape index (κ1) is 10.1. The van der Waals surface area contributed by atoms with Gasteiger partial charge in [-0.05, 0) is 0 Å². The van der Waals surface area contributed by atoms with E-state index in [-0.39, 0.29) is 18.9 Å². The van der Waals surface area contributed by atoms with E-state index < -0.39 is 0 Å². The second-order valence-electron chi connectivity index (χ2n) is 1.24. The second kappa shape index (κ2) is 6.08. The van der Waals surface area contributed by atoms with Gasteiger partial charge in [0, 0.05) is 0 Å². The van der Waals surface area contributed by atoms with Crippen molar-refractivity contribution in [3.63, 3.8) is 0 Å². The van der Waals surface area contributed by atoms with Crippen molar-refractivity contribution in [3.8, 4) is 0 Å². The van der Waals surface area contributed by atoms with Crippen LogP contribution in [-0.4, -0.2) is 0 Å². The molecular formula is C6H9Li. The minimum atomic E-state index is 0. The van der Waals surface area contributed by atoms with Gasteiger partial charge < -0.3 is 0 Å². The van der Waals surface area contributed by atoms with E-state index in [0.717, 1.165) is 5.57 Å². The quantitative estimate of drug-likeness (QED) is 0.218. The molecule has 0 bridgehead atoms. The van der Waals surface area contributed by atoms with Crippen molar-refractivity contribution < 1.29 is 18.9 Å².